The van der Waals surface area contributed by atoms with Crippen LogP contribution < -0.4 is 4.90 Å². The van der Waals surface area contributed by atoms with Crippen molar-refractivity contribution >= 4 is 40.3 Å². The number of anilines is 1. The van der Waals surface area contributed by atoms with E-state index in [0.29, 0.717) is 10.9 Å². The molecule has 1 aromatic heterocycles. The number of furan rings is 1. The van der Waals surface area contributed by atoms with Gasteiger partial charge in [0.15, 0.2) is 5.17 Å². The van der Waals surface area contributed by atoms with Crippen molar-refractivity contribution in [3.63, 3.8) is 0 Å². The standard InChI is InChI=1S/C21H16N2O2S/c24-20(13-12-18-10-6-14-25-18)23-19-11-5-4-7-16(19)15-26-21(23)22-17-8-2-1-3-9-17/h1-14H,15H2. The van der Waals surface area contributed by atoms with Crippen LogP contribution in [0.5, 0.6) is 0 Å². The van der Waals surface area contributed by atoms with Gasteiger partial charge in [0, 0.05) is 11.8 Å². The average molecular weight is 360 g/mol. The molecule has 1 aliphatic rings. The lowest BCUT2D eigenvalue weighted by Crippen LogP contribution is -2.36. The summed E-state index contributed by atoms with van der Waals surface area (Å²) in [5.74, 6) is 1.27. The molecule has 2 heterocycles. The number of fused-ring (bicyclic) bond motifs is 1. The predicted molar refractivity (Wildman–Crippen MR) is 107 cm³/mol. The fourth-order valence-electron chi connectivity index (χ4n) is 2.68. The molecule has 0 saturated carbocycles. The zero-order valence-corrected chi connectivity index (χ0v) is 14.7. The summed E-state index contributed by atoms with van der Waals surface area (Å²) in [6.45, 7) is 0. The Bertz CT molecular complexity index is 963. The molecule has 2 aromatic carbocycles. The van der Waals surface area contributed by atoms with Gasteiger partial charge in [-0.25, -0.2) is 4.99 Å². The van der Waals surface area contributed by atoms with Crippen molar-refractivity contribution in [2.75, 3.05) is 4.90 Å². The van der Waals surface area contributed by atoms with E-state index < -0.39 is 0 Å². The number of benzene rings is 2. The van der Waals surface area contributed by atoms with Crippen LogP contribution in [0.4, 0.5) is 11.4 Å². The van der Waals surface area contributed by atoms with Gasteiger partial charge in [0.05, 0.1) is 17.6 Å². The number of amidine groups is 1. The number of carbonyl (C=O) groups excluding carboxylic acids is 1. The molecule has 1 aliphatic heterocycles. The van der Waals surface area contributed by atoms with Crippen LogP contribution in [0.2, 0.25) is 0 Å². The molecule has 3 aromatic rings. The van der Waals surface area contributed by atoms with E-state index in [1.165, 1.54) is 6.08 Å². The predicted octanol–water partition coefficient (Wildman–Crippen LogP) is 5.26. The normalized spacial score (nSPS) is 15.4. The second-order valence-corrected chi connectivity index (χ2v) is 6.61. The Morgan fingerprint density at radius 2 is 1.85 bits per heavy atom. The fourth-order valence-corrected chi connectivity index (χ4v) is 3.70. The first-order chi connectivity index (χ1) is 12.8. The van der Waals surface area contributed by atoms with Crippen LogP contribution in [0.15, 0.2) is 88.5 Å². The minimum absolute atomic E-state index is 0.157. The fraction of sp³-hybridized carbons (Fsp3) is 0.0476. The molecular formula is C21H16N2O2S. The summed E-state index contributed by atoms with van der Waals surface area (Å²) < 4.78 is 5.27. The number of carbonyl (C=O) groups is 1. The number of hydrogen-bond acceptors (Lipinski definition) is 4. The van der Waals surface area contributed by atoms with E-state index in [1.807, 2.05) is 60.7 Å². The van der Waals surface area contributed by atoms with Gasteiger partial charge in [-0.2, -0.15) is 0 Å². The van der Waals surface area contributed by atoms with Crippen molar-refractivity contribution in [1.29, 1.82) is 0 Å². The van der Waals surface area contributed by atoms with Crippen LogP contribution in [0, 0.1) is 0 Å². The summed E-state index contributed by atoms with van der Waals surface area (Å²) in [4.78, 5) is 19.3. The van der Waals surface area contributed by atoms with Crippen molar-refractivity contribution in [3.8, 4) is 0 Å². The molecule has 0 bridgehead atoms. The van der Waals surface area contributed by atoms with Crippen LogP contribution in [0.25, 0.3) is 6.08 Å². The van der Waals surface area contributed by atoms with Crippen molar-refractivity contribution in [2.45, 2.75) is 5.75 Å². The maximum Gasteiger partial charge on any atom is 0.257 e. The Balaban J connectivity index is 1.72. The van der Waals surface area contributed by atoms with Crippen LogP contribution in [0.3, 0.4) is 0 Å². The minimum atomic E-state index is -0.157. The smallest absolute Gasteiger partial charge is 0.257 e. The van der Waals surface area contributed by atoms with Crippen LogP contribution in [-0.4, -0.2) is 11.1 Å². The average Bonchev–Trinajstić information content (AvgIpc) is 3.20. The first kappa shape index (κ1) is 16.4. The third-order valence-corrected chi connectivity index (χ3v) is 4.90. The van der Waals surface area contributed by atoms with Gasteiger partial charge in [-0.1, -0.05) is 48.2 Å². The number of rotatable bonds is 3. The largest absolute Gasteiger partial charge is 0.465 e. The first-order valence-electron chi connectivity index (χ1n) is 8.21. The lowest BCUT2D eigenvalue weighted by molar-refractivity contribution is -0.113. The lowest BCUT2D eigenvalue weighted by Gasteiger charge is -2.29. The molecule has 26 heavy (non-hydrogen) atoms. The molecule has 0 aliphatic carbocycles. The summed E-state index contributed by atoms with van der Waals surface area (Å²) in [6, 6.07) is 21.2. The first-order valence-corrected chi connectivity index (χ1v) is 9.20. The highest BCUT2D eigenvalue weighted by molar-refractivity contribution is 8.13. The van der Waals surface area contributed by atoms with Crippen molar-refractivity contribution in [2.24, 2.45) is 4.99 Å². The molecule has 0 atom stereocenters. The Morgan fingerprint density at radius 3 is 2.65 bits per heavy atom. The van der Waals surface area contributed by atoms with Crippen LogP contribution in [0.1, 0.15) is 11.3 Å². The van der Waals surface area contributed by atoms with Gasteiger partial charge in [0.25, 0.3) is 5.91 Å². The minimum Gasteiger partial charge on any atom is -0.465 e. The molecule has 0 radical (unpaired) electrons. The van der Waals surface area contributed by atoms with E-state index in [9.17, 15) is 4.79 Å². The highest BCUT2D eigenvalue weighted by atomic mass is 32.2. The molecule has 128 valence electrons. The summed E-state index contributed by atoms with van der Waals surface area (Å²) in [5, 5.41) is 0.670. The van der Waals surface area contributed by atoms with Crippen LogP contribution >= 0.6 is 11.8 Å². The molecule has 0 saturated heterocycles. The van der Waals surface area contributed by atoms with Gasteiger partial charge in [-0.3, -0.25) is 9.69 Å². The number of aliphatic imine (C=N–C) groups is 1. The topological polar surface area (TPSA) is 45.8 Å². The van der Waals surface area contributed by atoms with Crippen molar-refractivity contribution in [1.82, 2.24) is 0 Å². The third-order valence-electron chi connectivity index (χ3n) is 3.92. The Kier molecular flexibility index (Phi) is 4.71. The Hall–Kier alpha value is -3.05. The van der Waals surface area contributed by atoms with Crippen molar-refractivity contribution < 1.29 is 9.21 Å². The monoisotopic (exact) mass is 360 g/mol. The van der Waals surface area contributed by atoms with Gasteiger partial charge in [-0.15, -0.1) is 0 Å². The maximum absolute atomic E-state index is 13.0. The number of nitrogens with zero attached hydrogens (tertiary/aromatic N) is 2. The number of para-hydroxylation sites is 2. The lowest BCUT2D eigenvalue weighted by atomic mass is 10.2. The van der Waals surface area contributed by atoms with Crippen LogP contribution in [-0.2, 0) is 10.5 Å². The molecular weight excluding hydrogens is 344 g/mol. The summed E-state index contributed by atoms with van der Waals surface area (Å²) in [5.41, 5.74) is 2.81. The zero-order chi connectivity index (χ0) is 17.8. The molecule has 4 rings (SSSR count). The third kappa shape index (κ3) is 3.48. The summed E-state index contributed by atoms with van der Waals surface area (Å²) in [6.07, 6.45) is 4.77. The highest BCUT2D eigenvalue weighted by Crippen LogP contribution is 2.35. The van der Waals surface area contributed by atoms with E-state index >= 15 is 0 Å². The van der Waals surface area contributed by atoms with E-state index in [2.05, 4.69) is 0 Å². The summed E-state index contributed by atoms with van der Waals surface area (Å²) >= 11 is 1.56. The highest BCUT2D eigenvalue weighted by Gasteiger charge is 2.27. The SMILES string of the molecule is O=C(C=Cc1ccco1)N1C(=Nc2ccccc2)SCc2ccccc21. The molecule has 0 spiro atoms. The molecule has 0 N–H and O–H groups in total. The van der Waals surface area contributed by atoms with E-state index in [-0.39, 0.29) is 5.91 Å². The van der Waals surface area contributed by atoms with Gasteiger partial charge in [-0.05, 0) is 42.0 Å². The maximum atomic E-state index is 13.0. The molecule has 1 amide bonds. The van der Waals surface area contributed by atoms with E-state index in [0.717, 1.165) is 22.7 Å². The van der Waals surface area contributed by atoms with Gasteiger partial charge >= 0.3 is 0 Å². The van der Waals surface area contributed by atoms with E-state index in [4.69, 9.17) is 9.41 Å². The van der Waals surface area contributed by atoms with Gasteiger partial charge in [0.1, 0.15) is 5.76 Å². The quantitative estimate of drug-likeness (QED) is 0.599. The van der Waals surface area contributed by atoms with E-state index in [1.54, 1.807) is 35.1 Å². The number of thioether (sulfide) groups is 1. The molecule has 0 unspecified atom stereocenters. The second-order valence-electron chi connectivity index (χ2n) is 5.67. The van der Waals surface area contributed by atoms with Gasteiger partial charge < -0.3 is 4.42 Å². The number of hydrogen-bond donors (Lipinski definition) is 0. The molecule has 4 nitrogen and oxygen atoms in total. The number of amides is 1. The molecule has 5 heteroatoms. The molecule has 0 fully saturated rings. The summed E-state index contributed by atoms with van der Waals surface area (Å²) in [7, 11) is 0. The second kappa shape index (κ2) is 7.45. The van der Waals surface area contributed by atoms with Crippen molar-refractivity contribution in [3.05, 3.63) is 90.4 Å². The Labute approximate surface area is 155 Å². The van der Waals surface area contributed by atoms with Gasteiger partial charge in [0.2, 0.25) is 0 Å². The zero-order valence-electron chi connectivity index (χ0n) is 13.9. The Morgan fingerprint density at radius 1 is 1.04 bits per heavy atom.